The van der Waals surface area contributed by atoms with Crippen LogP contribution < -0.4 is 9.47 Å². The van der Waals surface area contributed by atoms with Gasteiger partial charge < -0.3 is 24.3 Å². The first kappa shape index (κ1) is 23.8. The largest absolute Gasteiger partial charge is 0.481 e. The number of carbonyl (C=O) groups is 2. The second-order valence-electron chi connectivity index (χ2n) is 8.49. The van der Waals surface area contributed by atoms with Crippen molar-refractivity contribution in [3.05, 3.63) is 34.2 Å². The number of rotatable bonds is 9. The zero-order valence-corrected chi connectivity index (χ0v) is 20.0. The molecule has 0 saturated heterocycles. The van der Waals surface area contributed by atoms with Crippen LogP contribution in [0.25, 0.3) is 0 Å². The number of aliphatic carboxylic acids is 1. The second kappa shape index (κ2) is 10.3. The molecule has 2 heterocycles. The van der Waals surface area contributed by atoms with Crippen LogP contribution in [0.3, 0.4) is 0 Å². The molecule has 1 aromatic carbocycles. The summed E-state index contributed by atoms with van der Waals surface area (Å²) in [7, 11) is 0. The SMILES string of the molecule is CCCc1nc(SCC2CCC(C(=O)O)CC2)c(C(=O)O)n1Cc1cc2c(cc1Cl)OCO2. The molecule has 10 heteroatoms. The molecule has 2 aliphatic rings. The predicted molar refractivity (Wildman–Crippen MR) is 124 cm³/mol. The Balaban J connectivity index is 1.56. The van der Waals surface area contributed by atoms with Crippen LogP contribution in [0.5, 0.6) is 11.5 Å². The number of ether oxygens (including phenoxy) is 2. The van der Waals surface area contributed by atoms with Crippen LogP contribution in [0, 0.1) is 11.8 Å². The number of thioether (sulfide) groups is 1. The molecule has 1 saturated carbocycles. The van der Waals surface area contributed by atoms with E-state index in [1.807, 2.05) is 6.92 Å². The van der Waals surface area contributed by atoms with Gasteiger partial charge in [0.1, 0.15) is 10.9 Å². The van der Waals surface area contributed by atoms with E-state index in [9.17, 15) is 19.8 Å². The molecule has 0 unspecified atom stereocenters. The fraction of sp³-hybridized carbons (Fsp3) is 0.522. The monoisotopic (exact) mass is 494 g/mol. The summed E-state index contributed by atoms with van der Waals surface area (Å²) in [6, 6.07) is 3.49. The van der Waals surface area contributed by atoms with Crippen molar-refractivity contribution in [2.75, 3.05) is 12.5 Å². The van der Waals surface area contributed by atoms with Gasteiger partial charge in [-0.2, -0.15) is 0 Å². The van der Waals surface area contributed by atoms with Gasteiger partial charge in [-0.15, -0.1) is 11.8 Å². The average molecular weight is 495 g/mol. The van der Waals surface area contributed by atoms with E-state index in [1.165, 1.54) is 11.8 Å². The standard InChI is InChI=1S/C23H27ClN2O6S/c1-2-3-19-25-21(33-11-13-4-6-14(7-5-13)22(27)28)20(23(29)30)26(19)10-15-8-17-18(9-16(15)24)32-12-31-17/h8-9,13-14H,2-7,10-12H2,1H3,(H,27,28)(H,29,30). The highest BCUT2D eigenvalue weighted by Crippen LogP contribution is 2.38. The fourth-order valence-corrected chi connectivity index (χ4v) is 5.84. The zero-order valence-electron chi connectivity index (χ0n) is 18.4. The molecule has 0 amide bonds. The molecule has 1 aromatic heterocycles. The molecule has 0 atom stereocenters. The Hall–Kier alpha value is -2.39. The lowest BCUT2D eigenvalue weighted by molar-refractivity contribution is -0.143. The first-order chi connectivity index (χ1) is 15.9. The number of aromatic nitrogens is 2. The van der Waals surface area contributed by atoms with Crippen molar-refractivity contribution in [1.82, 2.24) is 9.55 Å². The highest BCUT2D eigenvalue weighted by atomic mass is 35.5. The van der Waals surface area contributed by atoms with Crippen LogP contribution in [0.2, 0.25) is 5.02 Å². The summed E-state index contributed by atoms with van der Waals surface area (Å²) in [6.45, 7) is 2.43. The number of aromatic carboxylic acids is 1. The molecular weight excluding hydrogens is 468 g/mol. The number of aryl methyl sites for hydroxylation is 1. The zero-order chi connectivity index (χ0) is 23.5. The Morgan fingerprint density at radius 1 is 1.18 bits per heavy atom. The van der Waals surface area contributed by atoms with Crippen LogP contribution in [0.15, 0.2) is 17.2 Å². The van der Waals surface area contributed by atoms with Gasteiger partial charge in [0.25, 0.3) is 0 Å². The maximum absolute atomic E-state index is 12.3. The second-order valence-corrected chi connectivity index (χ2v) is 9.90. The number of nitrogens with zero attached hydrogens (tertiary/aromatic N) is 2. The van der Waals surface area contributed by atoms with Gasteiger partial charge in [0.15, 0.2) is 17.2 Å². The van der Waals surface area contributed by atoms with E-state index in [4.69, 9.17) is 26.1 Å². The van der Waals surface area contributed by atoms with Gasteiger partial charge in [-0.3, -0.25) is 4.79 Å². The molecule has 2 aromatic rings. The molecule has 0 radical (unpaired) electrons. The minimum absolute atomic E-state index is 0.136. The number of imidazole rings is 1. The van der Waals surface area contributed by atoms with Crippen LogP contribution >= 0.6 is 23.4 Å². The normalized spacial score (nSPS) is 19.6. The van der Waals surface area contributed by atoms with Gasteiger partial charge >= 0.3 is 11.9 Å². The maximum atomic E-state index is 12.3. The maximum Gasteiger partial charge on any atom is 0.355 e. The third-order valence-corrected chi connectivity index (χ3v) is 7.76. The number of carboxylic acids is 2. The molecule has 0 spiro atoms. The third kappa shape index (κ3) is 5.24. The van der Waals surface area contributed by atoms with Gasteiger partial charge in [0, 0.05) is 23.3 Å². The van der Waals surface area contributed by atoms with Crippen molar-refractivity contribution >= 4 is 35.3 Å². The van der Waals surface area contributed by atoms with Crippen LogP contribution in [0.1, 0.15) is 60.9 Å². The molecule has 4 rings (SSSR count). The van der Waals surface area contributed by atoms with Gasteiger partial charge in [-0.25, -0.2) is 9.78 Å². The van der Waals surface area contributed by atoms with Crippen molar-refractivity contribution in [1.29, 1.82) is 0 Å². The van der Waals surface area contributed by atoms with E-state index in [0.717, 1.165) is 30.6 Å². The van der Waals surface area contributed by atoms with Crippen molar-refractivity contribution < 1.29 is 29.3 Å². The molecule has 33 heavy (non-hydrogen) atoms. The minimum atomic E-state index is -1.03. The molecule has 1 fully saturated rings. The molecule has 2 N–H and O–H groups in total. The molecule has 8 nitrogen and oxygen atoms in total. The van der Waals surface area contributed by atoms with Crippen molar-refractivity contribution in [2.24, 2.45) is 11.8 Å². The summed E-state index contributed by atoms with van der Waals surface area (Å²) in [5.74, 6) is 0.947. The highest BCUT2D eigenvalue weighted by Gasteiger charge is 2.28. The summed E-state index contributed by atoms with van der Waals surface area (Å²) in [5, 5.41) is 20.2. The molecule has 0 bridgehead atoms. The van der Waals surface area contributed by atoms with Crippen molar-refractivity contribution in [2.45, 2.75) is 57.0 Å². The summed E-state index contributed by atoms with van der Waals surface area (Å²) in [5.41, 5.74) is 0.901. The van der Waals surface area contributed by atoms with E-state index in [1.54, 1.807) is 16.7 Å². The molecular formula is C23H27ClN2O6S. The summed E-state index contributed by atoms with van der Waals surface area (Å²) in [6.07, 6.45) is 4.49. The highest BCUT2D eigenvalue weighted by molar-refractivity contribution is 7.99. The smallest absolute Gasteiger partial charge is 0.355 e. The number of hydrogen-bond acceptors (Lipinski definition) is 6. The summed E-state index contributed by atoms with van der Waals surface area (Å²) >= 11 is 7.91. The van der Waals surface area contributed by atoms with Crippen LogP contribution in [-0.2, 0) is 17.8 Å². The van der Waals surface area contributed by atoms with Gasteiger partial charge in [0.05, 0.1) is 12.5 Å². The Kier molecular flexibility index (Phi) is 7.38. The third-order valence-electron chi connectivity index (χ3n) is 6.21. The Bertz CT molecular complexity index is 1050. The van der Waals surface area contributed by atoms with E-state index in [2.05, 4.69) is 0 Å². The van der Waals surface area contributed by atoms with E-state index in [0.29, 0.717) is 52.6 Å². The number of hydrogen-bond donors (Lipinski definition) is 2. The fourth-order valence-electron chi connectivity index (χ4n) is 4.39. The van der Waals surface area contributed by atoms with Crippen LogP contribution in [-0.4, -0.2) is 44.2 Å². The van der Waals surface area contributed by atoms with Crippen LogP contribution in [0.4, 0.5) is 0 Å². The first-order valence-electron chi connectivity index (χ1n) is 11.1. The quantitative estimate of drug-likeness (QED) is 0.471. The lowest BCUT2D eigenvalue weighted by Gasteiger charge is -2.25. The van der Waals surface area contributed by atoms with E-state index < -0.39 is 11.9 Å². The van der Waals surface area contributed by atoms with Gasteiger partial charge in [0.2, 0.25) is 6.79 Å². The van der Waals surface area contributed by atoms with Crippen molar-refractivity contribution in [3.63, 3.8) is 0 Å². The number of carboxylic acid groups (broad SMARTS) is 2. The minimum Gasteiger partial charge on any atom is -0.481 e. The van der Waals surface area contributed by atoms with Crippen molar-refractivity contribution in [3.8, 4) is 11.5 Å². The molecule has 1 aliphatic heterocycles. The number of benzene rings is 1. The Morgan fingerprint density at radius 3 is 2.52 bits per heavy atom. The van der Waals surface area contributed by atoms with E-state index in [-0.39, 0.29) is 24.9 Å². The number of halogens is 1. The Labute approximate surface area is 201 Å². The first-order valence-corrected chi connectivity index (χ1v) is 12.5. The summed E-state index contributed by atoms with van der Waals surface area (Å²) < 4.78 is 12.6. The lowest BCUT2D eigenvalue weighted by Crippen LogP contribution is -2.22. The summed E-state index contributed by atoms with van der Waals surface area (Å²) in [4.78, 5) is 28.2. The Morgan fingerprint density at radius 2 is 1.88 bits per heavy atom. The molecule has 1 aliphatic carbocycles. The van der Waals surface area contributed by atoms with E-state index >= 15 is 0 Å². The topological polar surface area (TPSA) is 111 Å². The molecule has 178 valence electrons. The lowest BCUT2D eigenvalue weighted by atomic mass is 9.83. The number of fused-ring (bicyclic) bond motifs is 1. The van der Waals surface area contributed by atoms with Gasteiger partial charge in [-0.1, -0.05) is 18.5 Å². The average Bonchev–Trinajstić information content (AvgIpc) is 3.37. The predicted octanol–water partition coefficient (Wildman–Crippen LogP) is 4.95. The van der Waals surface area contributed by atoms with Gasteiger partial charge in [-0.05, 0) is 49.7 Å².